The number of carbonyl (C=O) groups excluding carboxylic acids is 1. The van der Waals surface area contributed by atoms with Crippen LogP contribution in [-0.2, 0) is 96.0 Å². The van der Waals surface area contributed by atoms with Gasteiger partial charge in [-0.3, -0.25) is 4.79 Å². The number of allylic oxidation sites excluding steroid dienone is 2. The van der Waals surface area contributed by atoms with E-state index >= 15 is 0 Å². The summed E-state index contributed by atoms with van der Waals surface area (Å²) in [6.07, 6.45) is 17.9. The fraction of sp³-hybridized carbons (Fsp3) is 0.117. The second-order valence-corrected chi connectivity index (χ2v) is 35.2. The number of aromatic nitrogens is 9. The van der Waals surface area contributed by atoms with Crippen LogP contribution in [0.15, 0.2) is 459 Å². The molecule has 1 N–H and O–H groups in total. The van der Waals surface area contributed by atoms with Gasteiger partial charge in [0.25, 0.3) is 0 Å². The van der Waals surface area contributed by atoms with Crippen molar-refractivity contribution in [3.63, 3.8) is 0 Å². The predicted molar refractivity (Wildman–Crippen MR) is 585 cm³/mol. The standard InChI is InChI=1S/C26H26N2O2S.C18H14N.C12H10N.6C11H8N.C5H8O2.CH4.4Ir/c1-25(2)9-11-28-12-10-26(3,4)20-21(28)17(25)14-15-13-16(24(29)30-22(15)20)23-27-18-7-5-6-8-19(18)31-23;1-14-12-18(16-10-6-3-7-11-16)19-13-17(14)15-8-4-2-5-9-15;1-10-7-8-13-12(9-10)11-5-3-2-4-6-11;6*1-2-6-10(7-3-1)11-8-4-5-9-12-11;1-4(6)3-5(2)7;;;;;/h5-8,13-14H,9-12H2,1-4H3;2-10,12-13H,1H3;2-5,7-9H,1H3;6*1-6,8-9H;3,6H,1-2H3;1H4;;;;/q;8*-1;;;;;2*+3. The quantitative estimate of drug-likeness (QED) is 0.0558. The van der Waals surface area contributed by atoms with Gasteiger partial charge in [0.2, 0.25) is 0 Å². The molecule has 0 saturated carbocycles. The fourth-order valence-corrected chi connectivity index (χ4v) is 16.4. The number of thiazole rings is 1. The van der Waals surface area contributed by atoms with E-state index in [0.717, 1.165) is 142 Å². The van der Waals surface area contributed by atoms with Gasteiger partial charge in [0.05, 0.1) is 21.5 Å². The number of ketones is 1. The molecule has 12 heterocycles. The first-order valence-electron chi connectivity index (χ1n) is 46.7. The second kappa shape index (κ2) is 60.3. The molecule has 14 nitrogen and oxygen atoms in total. The van der Waals surface area contributed by atoms with Gasteiger partial charge in [0.15, 0.2) is 5.78 Å². The molecule has 0 fully saturated rings. The number of aryl methyl sites for hydroxylation is 2. The fourth-order valence-electron chi connectivity index (χ4n) is 15.4. The van der Waals surface area contributed by atoms with E-state index in [1.807, 2.05) is 370 Å². The van der Waals surface area contributed by atoms with Crippen LogP contribution in [0.1, 0.15) is 84.1 Å². The van der Waals surface area contributed by atoms with Crippen molar-refractivity contribution in [2.24, 2.45) is 0 Å². The van der Waals surface area contributed by atoms with E-state index in [1.54, 1.807) is 48.5 Å². The first kappa shape index (κ1) is 116. The smallest absolute Gasteiger partial charge is 0.512 e. The average molecular weight is 2650 g/mol. The number of benzene rings is 11. The van der Waals surface area contributed by atoms with Gasteiger partial charge >= 0.3 is 45.8 Å². The molecule has 11 aromatic carbocycles. The van der Waals surface area contributed by atoms with Crippen molar-refractivity contribution in [3.05, 3.63) is 531 Å². The average Bonchev–Trinajstić information content (AvgIpc) is 1.07. The Hall–Kier alpha value is -14.7. The zero-order chi connectivity index (χ0) is 98.9. The van der Waals surface area contributed by atoms with Crippen molar-refractivity contribution in [2.75, 3.05) is 18.0 Å². The van der Waals surface area contributed by atoms with Crippen LogP contribution in [0, 0.1) is 62.4 Å². The molecular formula is C128H110Ir4N10O4S-2. The summed E-state index contributed by atoms with van der Waals surface area (Å²) in [6.45, 7) is 18.4. The number of hydrogen-bond acceptors (Lipinski definition) is 15. The van der Waals surface area contributed by atoms with E-state index in [0.29, 0.717) is 5.56 Å². The molecule has 0 amide bonds. The van der Waals surface area contributed by atoms with Gasteiger partial charge in [0.1, 0.15) is 10.6 Å². The number of rotatable bonds is 11. The third kappa shape index (κ3) is 34.8. The van der Waals surface area contributed by atoms with Gasteiger partial charge < -0.3 is 54.3 Å². The summed E-state index contributed by atoms with van der Waals surface area (Å²) in [5.74, 6) is -0.0625. The monoisotopic (exact) mass is 2650 g/mol. The molecule has 0 bridgehead atoms. The van der Waals surface area contributed by atoms with E-state index in [-0.39, 0.29) is 116 Å². The van der Waals surface area contributed by atoms with Gasteiger partial charge in [-0.05, 0) is 180 Å². The number of aliphatic hydroxyl groups excluding tert-OH is 1. The molecule has 21 aromatic rings. The summed E-state index contributed by atoms with van der Waals surface area (Å²) in [5.41, 5.74) is 26.8. The molecule has 0 saturated heterocycles. The third-order valence-electron chi connectivity index (χ3n) is 22.6. The Bertz CT molecular complexity index is 6670. The molecule has 147 heavy (non-hydrogen) atoms. The van der Waals surface area contributed by atoms with E-state index in [4.69, 9.17) is 14.5 Å². The summed E-state index contributed by atoms with van der Waals surface area (Å²) < 4.78 is 7.18. The van der Waals surface area contributed by atoms with Gasteiger partial charge in [-0.1, -0.05) is 168 Å². The second-order valence-electron chi connectivity index (χ2n) is 34.1. The van der Waals surface area contributed by atoms with E-state index < -0.39 is 0 Å². The molecule has 740 valence electrons. The first-order chi connectivity index (χ1) is 69.4. The third-order valence-corrected chi connectivity index (χ3v) is 23.7. The predicted octanol–water partition coefficient (Wildman–Crippen LogP) is 30.6. The van der Waals surface area contributed by atoms with Crippen LogP contribution in [0.5, 0.6) is 0 Å². The molecule has 2 aliphatic rings. The molecule has 23 rings (SSSR count). The largest absolute Gasteiger partial charge is 3.00 e. The van der Waals surface area contributed by atoms with Crippen LogP contribution < -0.4 is 10.5 Å². The van der Waals surface area contributed by atoms with Crippen molar-refractivity contribution in [1.82, 2.24) is 44.9 Å². The van der Waals surface area contributed by atoms with E-state index in [2.05, 4.69) is 165 Å². The SMILES string of the molecule is C.CC(=O)C=C(C)O.CC1(C)CCN2CCC(C)(C)c3c2c1cc1cc(-c2nc4ccccc4s2)c(=O)oc31.Cc1cc(-c2[c-]cccc2)ncc1-c1ccccc1.Cc1ccnc(-c2[c-]cccc2)c1.[Ir+3].[Ir+3].[Ir].[Ir].[c-]1ccccc1-c1ccccn1.[c-]1ccccc1-c1ccccn1.[c-]1ccccc1-c1ccccn1.[c-]1ccccc1-c1ccccn1.[c-]1ccccc1-c1ccccn1.[c-]1ccccc1-c1ccccn1. The number of para-hydroxylation sites is 1. The first-order valence-corrected chi connectivity index (χ1v) is 47.5. The van der Waals surface area contributed by atoms with Gasteiger partial charge in [-0.2, -0.15) is 0 Å². The van der Waals surface area contributed by atoms with Crippen molar-refractivity contribution in [1.29, 1.82) is 0 Å². The number of aliphatic hydroxyl groups is 1. The Morgan fingerprint density at radius 2 is 0.714 bits per heavy atom. The molecule has 10 aromatic heterocycles. The van der Waals surface area contributed by atoms with Crippen LogP contribution in [0.4, 0.5) is 5.69 Å². The zero-order valence-electron chi connectivity index (χ0n) is 81.9. The molecule has 0 unspecified atom stereocenters. The summed E-state index contributed by atoms with van der Waals surface area (Å²) in [7, 11) is 0. The zero-order valence-corrected chi connectivity index (χ0v) is 92.3. The van der Waals surface area contributed by atoms with Crippen molar-refractivity contribution in [3.8, 4) is 112 Å². The Labute approximate surface area is 922 Å². The minimum Gasteiger partial charge on any atom is -0.512 e. The number of hydrogen-bond donors (Lipinski definition) is 1. The van der Waals surface area contributed by atoms with Crippen molar-refractivity contribution >= 4 is 44.0 Å². The minimum absolute atomic E-state index is 0. The number of carbonyl (C=O) groups is 1. The molecule has 2 radical (unpaired) electrons. The maximum Gasteiger partial charge on any atom is 3.00 e. The summed E-state index contributed by atoms with van der Waals surface area (Å²) in [6, 6.07) is 152. The van der Waals surface area contributed by atoms with Crippen LogP contribution in [0.3, 0.4) is 0 Å². The Balaban J connectivity index is 0.000000186. The Kier molecular flexibility index (Phi) is 47.5. The Morgan fingerprint density at radius 1 is 0.381 bits per heavy atom. The number of anilines is 1. The van der Waals surface area contributed by atoms with Gasteiger partial charge in [-0.15, -0.1) is 298 Å². The summed E-state index contributed by atoms with van der Waals surface area (Å²) in [5, 5.41) is 10.1. The summed E-state index contributed by atoms with van der Waals surface area (Å²) in [4.78, 5) is 64.5. The van der Waals surface area contributed by atoms with Crippen LogP contribution in [-0.4, -0.2) is 68.8 Å². The maximum absolute atomic E-state index is 13.2. The normalized spacial score (nSPS) is 11.5. The van der Waals surface area contributed by atoms with Crippen LogP contribution >= 0.6 is 11.3 Å². The van der Waals surface area contributed by atoms with Gasteiger partial charge in [0, 0.05) is 131 Å². The van der Waals surface area contributed by atoms with E-state index in [9.17, 15) is 9.59 Å². The molecular weight excluding hydrogens is 2540 g/mol. The van der Waals surface area contributed by atoms with Crippen LogP contribution in [0.25, 0.3) is 133 Å². The van der Waals surface area contributed by atoms with Gasteiger partial charge in [-0.25, -0.2) is 9.78 Å². The van der Waals surface area contributed by atoms with E-state index in [1.165, 1.54) is 59.0 Å². The molecule has 0 atom stereocenters. The Morgan fingerprint density at radius 3 is 1.03 bits per heavy atom. The molecule has 19 heteroatoms. The maximum atomic E-state index is 13.2. The number of fused-ring (bicyclic) bond motifs is 3. The molecule has 0 spiro atoms. The van der Waals surface area contributed by atoms with Crippen molar-refractivity contribution in [2.45, 2.75) is 86.5 Å². The minimum atomic E-state index is -0.300. The summed E-state index contributed by atoms with van der Waals surface area (Å²) >= 11 is 1.54. The van der Waals surface area contributed by atoms with Crippen molar-refractivity contribution < 1.29 is 94.7 Å². The number of nitrogens with zero attached hydrogens (tertiary/aromatic N) is 10. The van der Waals surface area contributed by atoms with Crippen LogP contribution in [0.2, 0.25) is 0 Å². The number of pyridine rings is 8. The molecule has 2 aliphatic heterocycles. The molecule has 0 aliphatic carbocycles. The topological polar surface area (TPSA) is 187 Å².